The fraction of sp³-hybridized carbons (Fsp3) is 0.833. The maximum absolute atomic E-state index is 10.8. The molecule has 2 atom stereocenters. The van der Waals surface area contributed by atoms with Gasteiger partial charge in [-0.1, -0.05) is 0 Å². The lowest BCUT2D eigenvalue weighted by Crippen LogP contribution is -2.31. The maximum Gasteiger partial charge on any atom is 0.248 e. The first-order valence-corrected chi connectivity index (χ1v) is 3.40. The molecule has 0 aromatic rings. The fourth-order valence-corrected chi connectivity index (χ4v) is 1.07. The Kier molecular flexibility index (Phi) is 2.43. The standard InChI is InChI=1S/C6H11NO4/c8-3-6(11)7-1-4(9)5(10)2-7/h4-5,8-10H,1-3H2/t4-,5+. The highest BCUT2D eigenvalue weighted by Crippen LogP contribution is 2.09. The molecule has 1 saturated heterocycles. The van der Waals surface area contributed by atoms with Crippen LogP contribution in [0, 0.1) is 0 Å². The predicted molar refractivity (Wildman–Crippen MR) is 35.7 cm³/mol. The molecule has 1 aliphatic rings. The van der Waals surface area contributed by atoms with E-state index in [0.29, 0.717) is 0 Å². The van der Waals surface area contributed by atoms with Gasteiger partial charge in [-0.15, -0.1) is 0 Å². The van der Waals surface area contributed by atoms with E-state index < -0.39 is 24.7 Å². The molecule has 1 heterocycles. The van der Waals surface area contributed by atoms with Crippen LogP contribution in [0.3, 0.4) is 0 Å². The molecular weight excluding hydrogens is 150 g/mol. The zero-order valence-corrected chi connectivity index (χ0v) is 5.97. The van der Waals surface area contributed by atoms with Crippen molar-refractivity contribution in [3.05, 3.63) is 0 Å². The maximum atomic E-state index is 10.8. The average molecular weight is 161 g/mol. The smallest absolute Gasteiger partial charge is 0.248 e. The highest BCUT2D eigenvalue weighted by Gasteiger charge is 2.31. The summed E-state index contributed by atoms with van der Waals surface area (Å²) in [7, 11) is 0. The van der Waals surface area contributed by atoms with Crippen molar-refractivity contribution in [2.45, 2.75) is 12.2 Å². The molecule has 0 spiro atoms. The third kappa shape index (κ3) is 1.68. The number of hydrogen-bond acceptors (Lipinski definition) is 4. The summed E-state index contributed by atoms with van der Waals surface area (Å²) in [5.74, 6) is -0.458. The molecule has 1 rings (SSSR count). The summed E-state index contributed by atoms with van der Waals surface area (Å²) in [5.41, 5.74) is 0. The SMILES string of the molecule is O=C(CO)N1C[C@@H](O)[C@@H](O)C1. The lowest BCUT2D eigenvalue weighted by atomic mass is 10.3. The molecule has 5 nitrogen and oxygen atoms in total. The van der Waals surface area contributed by atoms with Crippen LogP contribution >= 0.6 is 0 Å². The number of likely N-dealkylation sites (tertiary alicyclic amines) is 1. The Morgan fingerprint density at radius 1 is 1.36 bits per heavy atom. The Morgan fingerprint density at radius 2 is 1.82 bits per heavy atom. The Morgan fingerprint density at radius 3 is 2.18 bits per heavy atom. The number of amides is 1. The Balaban J connectivity index is 2.46. The first-order valence-electron chi connectivity index (χ1n) is 3.40. The van der Waals surface area contributed by atoms with Gasteiger partial charge in [-0.05, 0) is 0 Å². The Bertz CT molecular complexity index is 151. The summed E-state index contributed by atoms with van der Waals surface area (Å²) in [6, 6.07) is 0. The minimum absolute atomic E-state index is 0.112. The number of hydrogen-bond donors (Lipinski definition) is 3. The molecule has 0 unspecified atom stereocenters. The van der Waals surface area contributed by atoms with E-state index in [1.54, 1.807) is 0 Å². The van der Waals surface area contributed by atoms with Crippen LogP contribution in [-0.4, -0.2) is 58.0 Å². The van der Waals surface area contributed by atoms with E-state index in [4.69, 9.17) is 15.3 Å². The largest absolute Gasteiger partial charge is 0.388 e. The molecule has 64 valence electrons. The number of nitrogens with zero attached hydrogens (tertiary/aromatic N) is 1. The topological polar surface area (TPSA) is 81.0 Å². The number of rotatable bonds is 1. The van der Waals surface area contributed by atoms with Gasteiger partial charge in [0.1, 0.15) is 6.61 Å². The van der Waals surface area contributed by atoms with Gasteiger partial charge in [0.15, 0.2) is 0 Å². The van der Waals surface area contributed by atoms with E-state index in [2.05, 4.69) is 0 Å². The molecule has 0 bridgehead atoms. The van der Waals surface area contributed by atoms with Gasteiger partial charge < -0.3 is 20.2 Å². The van der Waals surface area contributed by atoms with Gasteiger partial charge >= 0.3 is 0 Å². The molecule has 5 heteroatoms. The molecule has 0 radical (unpaired) electrons. The van der Waals surface area contributed by atoms with E-state index in [1.807, 2.05) is 0 Å². The minimum Gasteiger partial charge on any atom is -0.388 e. The van der Waals surface area contributed by atoms with Crippen molar-refractivity contribution in [3.63, 3.8) is 0 Å². The van der Waals surface area contributed by atoms with Crippen molar-refractivity contribution in [1.29, 1.82) is 0 Å². The van der Waals surface area contributed by atoms with Crippen molar-refractivity contribution in [2.24, 2.45) is 0 Å². The fourth-order valence-electron chi connectivity index (χ4n) is 1.07. The van der Waals surface area contributed by atoms with Crippen LogP contribution in [0.5, 0.6) is 0 Å². The van der Waals surface area contributed by atoms with Crippen LogP contribution in [0.2, 0.25) is 0 Å². The zero-order valence-electron chi connectivity index (χ0n) is 5.97. The number of β-amino-alcohol motifs (C(OH)–C–C–N with tert-alkyl or cyclic N) is 2. The second kappa shape index (κ2) is 3.17. The van der Waals surface area contributed by atoms with Gasteiger partial charge in [0.05, 0.1) is 12.2 Å². The Labute approximate surface area is 63.9 Å². The summed E-state index contributed by atoms with van der Waals surface area (Å²) < 4.78 is 0. The van der Waals surface area contributed by atoms with Crippen molar-refractivity contribution in [2.75, 3.05) is 19.7 Å². The van der Waals surface area contributed by atoms with Gasteiger partial charge in [0.2, 0.25) is 5.91 Å². The molecule has 3 N–H and O–H groups in total. The van der Waals surface area contributed by atoms with E-state index in [9.17, 15) is 4.79 Å². The molecule has 0 aliphatic carbocycles. The average Bonchev–Trinajstić information content (AvgIpc) is 2.31. The summed E-state index contributed by atoms with van der Waals surface area (Å²) in [4.78, 5) is 12.0. The number of carbonyl (C=O) groups excluding carboxylic acids is 1. The second-order valence-corrected chi connectivity index (χ2v) is 2.59. The molecule has 0 saturated carbocycles. The van der Waals surface area contributed by atoms with Crippen LogP contribution < -0.4 is 0 Å². The quantitative estimate of drug-likeness (QED) is 0.398. The second-order valence-electron chi connectivity index (χ2n) is 2.59. The van der Waals surface area contributed by atoms with Crippen molar-refractivity contribution in [1.82, 2.24) is 4.90 Å². The third-order valence-corrected chi connectivity index (χ3v) is 1.75. The van der Waals surface area contributed by atoms with Gasteiger partial charge in [-0.3, -0.25) is 4.79 Å². The van der Waals surface area contributed by atoms with Crippen LogP contribution in [0.1, 0.15) is 0 Å². The Hall–Kier alpha value is -0.650. The van der Waals surface area contributed by atoms with E-state index in [0.717, 1.165) is 0 Å². The van der Waals surface area contributed by atoms with E-state index in [-0.39, 0.29) is 13.1 Å². The van der Waals surface area contributed by atoms with E-state index in [1.165, 1.54) is 4.90 Å². The molecule has 1 aliphatic heterocycles. The summed E-state index contributed by atoms with van der Waals surface area (Å²) >= 11 is 0. The van der Waals surface area contributed by atoms with Crippen LogP contribution in [0.15, 0.2) is 0 Å². The molecule has 11 heavy (non-hydrogen) atoms. The van der Waals surface area contributed by atoms with Gasteiger partial charge in [0.25, 0.3) is 0 Å². The van der Waals surface area contributed by atoms with E-state index >= 15 is 0 Å². The first kappa shape index (κ1) is 8.45. The number of aliphatic hydroxyl groups excluding tert-OH is 3. The molecule has 0 aromatic carbocycles. The molecular formula is C6H11NO4. The lowest BCUT2D eigenvalue weighted by molar-refractivity contribution is -0.133. The van der Waals surface area contributed by atoms with Gasteiger partial charge in [-0.25, -0.2) is 0 Å². The van der Waals surface area contributed by atoms with Gasteiger partial charge in [0, 0.05) is 13.1 Å². The molecule has 1 amide bonds. The normalized spacial score (nSPS) is 31.0. The predicted octanol–water partition coefficient (Wildman–Crippen LogP) is -2.46. The molecule has 1 fully saturated rings. The summed E-state index contributed by atoms with van der Waals surface area (Å²) in [5, 5.41) is 26.4. The summed E-state index contributed by atoms with van der Waals surface area (Å²) in [6.07, 6.45) is -1.74. The van der Waals surface area contributed by atoms with Gasteiger partial charge in [-0.2, -0.15) is 0 Å². The highest BCUT2D eigenvalue weighted by atomic mass is 16.3. The first-order chi connectivity index (χ1) is 5.15. The van der Waals surface area contributed by atoms with Crippen LogP contribution in [0.25, 0.3) is 0 Å². The third-order valence-electron chi connectivity index (χ3n) is 1.75. The number of aliphatic hydroxyl groups is 3. The lowest BCUT2D eigenvalue weighted by Gasteiger charge is -2.12. The van der Waals surface area contributed by atoms with Crippen LogP contribution in [-0.2, 0) is 4.79 Å². The van der Waals surface area contributed by atoms with Crippen LogP contribution in [0.4, 0.5) is 0 Å². The zero-order chi connectivity index (χ0) is 8.43. The highest BCUT2D eigenvalue weighted by molar-refractivity contribution is 5.77. The van der Waals surface area contributed by atoms with Crippen molar-refractivity contribution >= 4 is 5.91 Å². The minimum atomic E-state index is -0.870. The monoisotopic (exact) mass is 161 g/mol. The summed E-state index contributed by atoms with van der Waals surface area (Å²) in [6.45, 7) is -0.347. The number of carbonyl (C=O) groups is 1. The van der Waals surface area contributed by atoms with Crippen molar-refractivity contribution in [3.8, 4) is 0 Å². The van der Waals surface area contributed by atoms with Crippen molar-refractivity contribution < 1.29 is 20.1 Å². The molecule has 0 aromatic heterocycles.